The van der Waals surface area contributed by atoms with Crippen molar-refractivity contribution >= 4 is 5.91 Å². The minimum absolute atomic E-state index is 0.109. The Morgan fingerprint density at radius 3 is 2.90 bits per heavy atom. The first-order chi connectivity index (χ1) is 10.2. The van der Waals surface area contributed by atoms with Gasteiger partial charge in [-0.15, -0.1) is 0 Å². The fraction of sp³-hybridized carbons (Fsp3) is 0.786. The molecule has 0 radical (unpaired) electrons. The average molecular weight is 295 g/mol. The molecule has 1 atom stereocenters. The van der Waals surface area contributed by atoms with Gasteiger partial charge in [-0.3, -0.25) is 14.4 Å². The molecule has 1 aliphatic heterocycles. The predicted octanol–water partition coefficient (Wildman–Crippen LogP) is -0.0253. The van der Waals surface area contributed by atoms with E-state index in [2.05, 4.69) is 27.2 Å². The van der Waals surface area contributed by atoms with Crippen LogP contribution in [0.25, 0.3) is 0 Å². The van der Waals surface area contributed by atoms with Crippen molar-refractivity contribution in [3.05, 3.63) is 12.2 Å². The monoisotopic (exact) mass is 295 g/mol. The van der Waals surface area contributed by atoms with Crippen LogP contribution in [0.3, 0.4) is 0 Å². The maximum atomic E-state index is 11.8. The molecule has 7 heteroatoms. The number of nitrogens with zero attached hydrogens (tertiary/aromatic N) is 4. The van der Waals surface area contributed by atoms with Gasteiger partial charge in [-0.05, 0) is 13.3 Å². The number of carbonyl (C=O) groups is 1. The van der Waals surface area contributed by atoms with Gasteiger partial charge in [0.25, 0.3) is 0 Å². The van der Waals surface area contributed by atoms with Gasteiger partial charge in [0.15, 0.2) is 0 Å². The number of nitrogens with one attached hydrogen (secondary N) is 1. The number of amides is 1. The van der Waals surface area contributed by atoms with Crippen molar-refractivity contribution in [2.24, 2.45) is 7.05 Å². The van der Waals surface area contributed by atoms with E-state index in [1.807, 2.05) is 7.05 Å². The summed E-state index contributed by atoms with van der Waals surface area (Å²) in [4.78, 5) is 18.4. The van der Waals surface area contributed by atoms with Crippen molar-refractivity contribution in [1.29, 1.82) is 0 Å². The van der Waals surface area contributed by atoms with Crippen molar-refractivity contribution < 1.29 is 9.53 Å². The molecule has 7 nitrogen and oxygen atoms in total. The van der Waals surface area contributed by atoms with E-state index in [-0.39, 0.29) is 5.91 Å². The lowest BCUT2D eigenvalue weighted by Crippen LogP contribution is -2.42. The van der Waals surface area contributed by atoms with Crippen molar-refractivity contribution in [2.45, 2.75) is 32.2 Å². The number of carbonyl (C=O) groups excluding carboxylic acids is 1. The van der Waals surface area contributed by atoms with E-state index in [0.29, 0.717) is 25.4 Å². The van der Waals surface area contributed by atoms with Crippen LogP contribution in [0.5, 0.6) is 0 Å². The number of morpholine rings is 1. The highest BCUT2D eigenvalue weighted by atomic mass is 16.5. The molecule has 1 N–H and O–H groups in total. The minimum atomic E-state index is 0.109. The van der Waals surface area contributed by atoms with E-state index in [1.54, 1.807) is 4.68 Å². The number of ether oxygens (including phenoxy) is 1. The van der Waals surface area contributed by atoms with Crippen LogP contribution in [0.4, 0.5) is 0 Å². The third-order valence-corrected chi connectivity index (χ3v) is 3.93. The summed E-state index contributed by atoms with van der Waals surface area (Å²) < 4.78 is 7.07. The summed E-state index contributed by atoms with van der Waals surface area (Å²) in [5, 5.41) is 6.95. The quantitative estimate of drug-likeness (QED) is 0.765. The topological polar surface area (TPSA) is 72.3 Å². The Kier molecular flexibility index (Phi) is 6.13. The number of aromatic nitrogens is 3. The van der Waals surface area contributed by atoms with Gasteiger partial charge < -0.3 is 10.1 Å². The van der Waals surface area contributed by atoms with Crippen molar-refractivity contribution in [1.82, 2.24) is 25.0 Å². The van der Waals surface area contributed by atoms with Crippen molar-refractivity contribution in [3.63, 3.8) is 0 Å². The van der Waals surface area contributed by atoms with Crippen LogP contribution in [0.1, 0.15) is 25.6 Å². The third-order valence-electron chi connectivity index (χ3n) is 3.93. The average Bonchev–Trinajstić information content (AvgIpc) is 2.91. The van der Waals surface area contributed by atoms with E-state index < -0.39 is 0 Å². The lowest BCUT2D eigenvalue weighted by molar-refractivity contribution is -0.121. The third kappa shape index (κ3) is 5.09. The number of rotatable bonds is 7. The summed E-state index contributed by atoms with van der Waals surface area (Å²) in [6.07, 6.45) is 3.69. The molecule has 1 saturated heterocycles. The maximum absolute atomic E-state index is 11.8. The van der Waals surface area contributed by atoms with Crippen LogP contribution in [-0.2, 0) is 23.0 Å². The van der Waals surface area contributed by atoms with Crippen LogP contribution in [0.15, 0.2) is 6.33 Å². The Bertz CT molecular complexity index is 442. The molecule has 1 aliphatic rings. The molecule has 0 saturated carbocycles. The highest BCUT2D eigenvalue weighted by Crippen LogP contribution is 2.09. The molecule has 21 heavy (non-hydrogen) atoms. The summed E-state index contributed by atoms with van der Waals surface area (Å²) in [7, 11) is 1.86. The first kappa shape index (κ1) is 15.9. The Balaban J connectivity index is 1.59. The fourth-order valence-electron chi connectivity index (χ4n) is 2.49. The van der Waals surface area contributed by atoms with E-state index in [4.69, 9.17) is 4.74 Å². The molecule has 1 amide bonds. The molecule has 1 aromatic rings. The second-order valence-electron chi connectivity index (χ2n) is 5.44. The second kappa shape index (κ2) is 8.09. The Hall–Kier alpha value is -1.47. The molecule has 118 valence electrons. The summed E-state index contributed by atoms with van der Waals surface area (Å²) in [5.74, 6) is 0.995. The van der Waals surface area contributed by atoms with Crippen LogP contribution in [0.2, 0.25) is 0 Å². The van der Waals surface area contributed by atoms with Crippen molar-refractivity contribution in [3.8, 4) is 0 Å². The highest BCUT2D eigenvalue weighted by molar-refractivity contribution is 5.75. The van der Waals surface area contributed by atoms with E-state index >= 15 is 0 Å². The molecule has 1 fully saturated rings. The number of hydrogen-bond acceptors (Lipinski definition) is 5. The molecule has 2 rings (SSSR count). The van der Waals surface area contributed by atoms with Crippen LogP contribution in [-0.4, -0.2) is 64.5 Å². The van der Waals surface area contributed by atoms with Crippen LogP contribution < -0.4 is 5.32 Å². The van der Waals surface area contributed by atoms with Crippen LogP contribution >= 0.6 is 0 Å². The lowest BCUT2D eigenvalue weighted by Gasteiger charge is -2.32. The zero-order valence-corrected chi connectivity index (χ0v) is 12.9. The van der Waals surface area contributed by atoms with Crippen molar-refractivity contribution in [2.75, 3.05) is 32.8 Å². The smallest absolute Gasteiger partial charge is 0.220 e. The summed E-state index contributed by atoms with van der Waals surface area (Å²) in [5.41, 5.74) is 0. The fourth-order valence-corrected chi connectivity index (χ4v) is 2.49. The Morgan fingerprint density at radius 1 is 1.48 bits per heavy atom. The predicted molar refractivity (Wildman–Crippen MR) is 78.8 cm³/mol. The van der Waals surface area contributed by atoms with E-state index in [0.717, 1.165) is 38.5 Å². The first-order valence-electron chi connectivity index (χ1n) is 7.58. The molecule has 0 aliphatic carbocycles. The molecule has 2 heterocycles. The van der Waals surface area contributed by atoms with Gasteiger partial charge in [0.05, 0.1) is 13.2 Å². The zero-order chi connectivity index (χ0) is 15.1. The minimum Gasteiger partial charge on any atom is -0.379 e. The van der Waals surface area contributed by atoms with Gasteiger partial charge in [0.1, 0.15) is 12.2 Å². The van der Waals surface area contributed by atoms with Gasteiger partial charge >= 0.3 is 0 Å². The summed E-state index contributed by atoms with van der Waals surface area (Å²) >= 11 is 0. The summed E-state index contributed by atoms with van der Waals surface area (Å²) in [6, 6.07) is 0.429. The van der Waals surface area contributed by atoms with Crippen LogP contribution in [0, 0.1) is 0 Å². The lowest BCUT2D eigenvalue weighted by atomic mass is 10.1. The summed E-state index contributed by atoms with van der Waals surface area (Å²) in [6.45, 7) is 6.32. The Morgan fingerprint density at radius 2 is 2.24 bits per heavy atom. The maximum Gasteiger partial charge on any atom is 0.220 e. The molecule has 0 spiro atoms. The molecule has 0 aromatic carbocycles. The normalized spacial score (nSPS) is 17.6. The second-order valence-corrected chi connectivity index (χ2v) is 5.44. The number of hydrogen-bond donors (Lipinski definition) is 1. The highest BCUT2D eigenvalue weighted by Gasteiger charge is 2.17. The van der Waals surface area contributed by atoms with Gasteiger partial charge in [-0.2, -0.15) is 5.10 Å². The first-order valence-corrected chi connectivity index (χ1v) is 7.58. The van der Waals surface area contributed by atoms with Gasteiger partial charge in [0.2, 0.25) is 5.91 Å². The molecular formula is C14H25N5O2. The van der Waals surface area contributed by atoms with E-state index in [9.17, 15) is 4.79 Å². The molecule has 1 aromatic heterocycles. The molecule has 0 bridgehead atoms. The molecular weight excluding hydrogens is 270 g/mol. The standard InChI is InChI=1S/C14H25N5O2/c1-12(19-7-9-21-10-8-19)3-4-14(20)15-6-5-13-16-11-17-18(13)2/h11-12H,3-10H2,1-2H3,(H,15,20)/t12-/m0/s1. The molecule has 0 unspecified atom stereocenters. The van der Waals surface area contributed by atoms with E-state index in [1.165, 1.54) is 6.33 Å². The zero-order valence-electron chi connectivity index (χ0n) is 12.9. The largest absolute Gasteiger partial charge is 0.379 e. The van der Waals surface area contributed by atoms with Gasteiger partial charge in [-0.25, -0.2) is 4.98 Å². The Labute approximate surface area is 125 Å². The van der Waals surface area contributed by atoms with Gasteiger partial charge in [-0.1, -0.05) is 0 Å². The SMILES string of the molecule is C[C@@H](CCC(=O)NCCc1ncnn1C)N1CCOCC1. The van der Waals surface area contributed by atoms with Gasteiger partial charge in [0, 0.05) is 45.6 Å². The number of aryl methyl sites for hydroxylation is 1.